The number of hydrazine groups is 1. The Morgan fingerprint density at radius 2 is 2.07 bits per heavy atom. The fourth-order valence-corrected chi connectivity index (χ4v) is 3.57. The minimum Gasteiger partial charge on any atom is -0.445 e. The molecule has 2 N–H and O–H groups in total. The van der Waals surface area contributed by atoms with E-state index < -0.39 is 17.2 Å². The van der Waals surface area contributed by atoms with E-state index in [9.17, 15) is 19.7 Å². The van der Waals surface area contributed by atoms with Crippen molar-refractivity contribution in [1.29, 1.82) is 0 Å². The number of nitrogens with zero attached hydrogens (tertiary/aromatic N) is 2. The maximum absolute atomic E-state index is 12.6. The lowest BCUT2D eigenvalue weighted by Gasteiger charge is -2.23. The number of hydrogen-bond donors (Lipinski definition) is 2. The molecule has 0 unspecified atom stereocenters. The predicted octanol–water partition coefficient (Wildman–Crippen LogP) is 1.77. The van der Waals surface area contributed by atoms with Crippen molar-refractivity contribution >= 4 is 23.8 Å². The molecule has 148 valence electrons. The van der Waals surface area contributed by atoms with Crippen molar-refractivity contribution in [2.75, 3.05) is 24.7 Å². The lowest BCUT2D eigenvalue weighted by molar-refractivity contribution is -0.544. The van der Waals surface area contributed by atoms with Crippen molar-refractivity contribution in [3.8, 4) is 0 Å². The number of alkyl carbamates (subject to hydrolysis) is 1. The molecule has 0 spiro atoms. The van der Waals surface area contributed by atoms with Gasteiger partial charge in [-0.25, -0.2) is 14.9 Å². The molecule has 1 aliphatic rings. The van der Waals surface area contributed by atoms with Crippen molar-refractivity contribution in [1.82, 2.24) is 15.6 Å². The van der Waals surface area contributed by atoms with Crippen LogP contribution in [0.15, 0.2) is 30.3 Å². The van der Waals surface area contributed by atoms with Crippen LogP contribution in [0.25, 0.3) is 0 Å². The first-order chi connectivity index (χ1) is 13.1. The number of nitro groups is 1. The molecule has 9 nitrogen and oxygen atoms in total. The van der Waals surface area contributed by atoms with Gasteiger partial charge in [-0.15, -0.1) is 17.2 Å². The number of hydrogen-bond acceptors (Lipinski definition) is 6. The highest BCUT2D eigenvalue weighted by molar-refractivity contribution is 7.99. The van der Waals surface area contributed by atoms with Crippen molar-refractivity contribution < 1.29 is 19.4 Å². The van der Waals surface area contributed by atoms with Crippen LogP contribution in [0.1, 0.15) is 24.8 Å². The first kappa shape index (κ1) is 20.8. The number of benzene rings is 1. The van der Waals surface area contributed by atoms with E-state index in [-0.39, 0.29) is 19.1 Å². The fraction of sp³-hybridized carbons (Fsp3) is 0.529. The van der Waals surface area contributed by atoms with E-state index in [0.29, 0.717) is 31.7 Å². The van der Waals surface area contributed by atoms with Gasteiger partial charge in [-0.1, -0.05) is 30.3 Å². The van der Waals surface area contributed by atoms with Crippen LogP contribution < -0.4 is 10.7 Å². The van der Waals surface area contributed by atoms with Crippen LogP contribution in [0.4, 0.5) is 4.79 Å². The summed E-state index contributed by atoms with van der Waals surface area (Å²) in [7, 11) is 0. The maximum Gasteiger partial charge on any atom is 0.408 e. The van der Waals surface area contributed by atoms with Crippen LogP contribution in [0.2, 0.25) is 0 Å². The van der Waals surface area contributed by atoms with E-state index in [1.807, 2.05) is 30.3 Å². The molecule has 1 atom stereocenters. The third-order valence-corrected chi connectivity index (χ3v) is 4.99. The summed E-state index contributed by atoms with van der Waals surface area (Å²) in [6.45, 7) is 0.995. The van der Waals surface area contributed by atoms with Crippen molar-refractivity contribution in [2.45, 2.75) is 31.9 Å². The summed E-state index contributed by atoms with van der Waals surface area (Å²) in [6, 6.07) is 8.59. The Morgan fingerprint density at radius 3 is 2.74 bits per heavy atom. The Hall–Kier alpha value is -2.49. The number of nitrogens with one attached hydrogen (secondary N) is 2. The highest BCUT2D eigenvalue weighted by Crippen LogP contribution is 2.16. The lowest BCUT2D eigenvalue weighted by Crippen LogP contribution is -2.48. The monoisotopic (exact) mass is 396 g/mol. The molecule has 10 heteroatoms. The molecule has 0 saturated carbocycles. The lowest BCUT2D eigenvalue weighted by atomic mass is 10.1. The summed E-state index contributed by atoms with van der Waals surface area (Å²) in [6.07, 6.45) is 0.851. The standard InChI is InChI=1S/C17H24N4O5S/c22-16(20-10-11-27-13-20)15(8-4-5-9-18-21(24)25)19-17(23)26-12-14-6-2-1-3-7-14/h1-3,6-7,15,18H,4-5,8-13H2,(H,19,23)/t15-/m0/s1. The average molecular weight is 396 g/mol. The van der Waals surface area contributed by atoms with Crippen LogP contribution in [0.5, 0.6) is 0 Å². The van der Waals surface area contributed by atoms with Gasteiger partial charge in [0.2, 0.25) is 5.91 Å². The van der Waals surface area contributed by atoms with Crippen molar-refractivity contribution in [3.63, 3.8) is 0 Å². The summed E-state index contributed by atoms with van der Waals surface area (Å²) in [5, 5.41) is 12.3. The average Bonchev–Trinajstić information content (AvgIpc) is 3.20. The van der Waals surface area contributed by atoms with Crippen molar-refractivity contribution in [2.24, 2.45) is 0 Å². The molecule has 0 aliphatic carbocycles. The van der Waals surface area contributed by atoms with E-state index in [0.717, 1.165) is 11.3 Å². The van der Waals surface area contributed by atoms with Gasteiger partial charge in [0, 0.05) is 12.3 Å². The quantitative estimate of drug-likeness (QED) is 0.352. The number of ether oxygens (including phenoxy) is 1. The van der Waals surface area contributed by atoms with Crippen LogP contribution >= 0.6 is 11.8 Å². The fourth-order valence-electron chi connectivity index (χ4n) is 2.62. The van der Waals surface area contributed by atoms with Gasteiger partial charge in [0.25, 0.3) is 0 Å². The molecule has 27 heavy (non-hydrogen) atoms. The van der Waals surface area contributed by atoms with E-state index >= 15 is 0 Å². The Bertz CT molecular complexity index is 625. The zero-order valence-corrected chi connectivity index (χ0v) is 15.8. The van der Waals surface area contributed by atoms with Crippen LogP contribution in [-0.2, 0) is 16.1 Å². The summed E-state index contributed by atoms with van der Waals surface area (Å²) >= 11 is 1.67. The molecule has 1 aromatic carbocycles. The predicted molar refractivity (Wildman–Crippen MR) is 101 cm³/mol. The van der Waals surface area contributed by atoms with Crippen LogP contribution in [0.3, 0.4) is 0 Å². The molecule has 0 radical (unpaired) electrons. The van der Waals surface area contributed by atoms with Gasteiger partial charge in [-0.2, -0.15) is 0 Å². The van der Waals surface area contributed by atoms with Gasteiger partial charge >= 0.3 is 6.09 Å². The topological polar surface area (TPSA) is 114 Å². The third kappa shape index (κ3) is 7.73. The second kappa shape index (κ2) is 11.3. The highest BCUT2D eigenvalue weighted by Gasteiger charge is 2.28. The number of unbranched alkanes of at least 4 members (excludes halogenated alkanes) is 1. The van der Waals surface area contributed by atoms with E-state index in [1.54, 1.807) is 16.7 Å². The smallest absolute Gasteiger partial charge is 0.408 e. The second-order valence-corrected chi connectivity index (χ2v) is 7.13. The zero-order chi connectivity index (χ0) is 19.5. The molecule has 1 saturated heterocycles. The normalized spacial score (nSPS) is 14.4. The first-order valence-electron chi connectivity index (χ1n) is 8.78. The minimum atomic E-state index is -0.692. The molecular formula is C17H24N4O5S. The molecule has 0 bridgehead atoms. The number of carbonyl (C=O) groups is 2. The largest absolute Gasteiger partial charge is 0.445 e. The Balaban J connectivity index is 1.83. The SMILES string of the molecule is O=C(N[C@@H](CCCCN[N+](=O)[O-])C(=O)N1CCSC1)OCc1ccccc1. The molecule has 1 fully saturated rings. The summed E-state index contributed by atoms with van der Waals surface area (Å²) in [5.41, 5.74) is 2.95. The summed E-state index contributed by atoms with van der Waals surface area (Å²) in [4.78, 5) is 36.7. The highest BCUT2D eigenvalue weighted by atomic mass is 32.2. The van der Waals surface area contributed by atoms with Gasteiger partial charge < -0.3 is 15.0 Å². The Morgan fingerprint density at radius 1 is 1.30 bits per heavy atom. The number of carbonyl (C=O) groups excluding carboxylic acids is 2. The van der Waals surface area contributed by atoms with Crippen molar-refractivity contribution in [3.05, 3.63) is 46.0 Å². The zero-order valence-electron chi connectivity index (χ0n) is 15.0. The summed E-state index contributed by atoms with van der Waals surface area (Å²) in [5.74, 6) is 1.35. The molecule has 1 aromatic rings. The molecule has 2 rings (SSSR count). The Kier molecular flexibility index (Phi) is 8.69. The molecule has 0 aromatic heterocycles. The Labute approximate surface area is 161 Å². The minimum absolute atomic E-state index is 0.125. The number of rotatable bonds is 10. The van der Waals surface area contributed by atoms with Gasteiger partial charge in [0.05, 0.1) is 12.4 Å². The maximum atomic E-state index is 12.6. The van der Waals surface area contributed by atoms with Gasteiger partial charge in [0.15, 0.2) is 5.03 Å². The number of thioether (sulfide) groups is 1. The molecule has 1 aliphatic heterocycles. The third-order valence-electron chi connectivity index (χ3n) is 4.03. The van der Waals surface area contributed by atoms with Crippen LogP contribution in [-0.4, -0.2) is 52.7 Å². The van der Waals surface area contributed by atoms with E-state index in [1.165, 1.54) is 0 Å². The van der Waals surface area contributed by atoms with Gasteiger partial charge in [-0.3, -0.25) is 4.79 Å². The van der Waals surface area contributed by atoms with Gasteiger partial charge in [0.1, 0.15) is 12.6 Å². The number of amides is 2. The first-order valence-corrected chi connectivity index (χ1v) is 9.93. The summed E-state index contributed by atoms with van der Waals surface area (Å²) < 4.78 is 5.20. The van der Waals surface area contributed by atoms with Crippen LogP contribution in [0, 0.1) is 10.1 Å². The van der Waals surface area contributed by atoms with E-state index in [4.69, 9.17) is 4.74 Å². The second-order valence-electron chi connectivity index (χ2n) is 6.06. The molecular weight excluding hydrogens is 372 g/mol. The molecule has 2 amide bonds. The van der Waals surface area contributed by atoms with Gasteiger partial charge in [-0.05, 0) is 24.8 Å². The molecule has 1 heterocycles. The van der Waals surface area contributed by atoms with E-state index in [2.05, 4.69) is 10.7 Å².